The van der Waals surface area contributed by atoms with Crippen molar-refractivity contribution in [1.29, 1.82) is 0 Å². The van der Waals surface area contributed by atoms with Gasteiger partial charge in [-0.2, -0.15) is 0 Å². The van der Waals surface area contributed by atoms with Crippen molar-refractivity contribution in [2.24, 2.45) is 0 Å². The molecule has 0 atom stereocenters. The molecule has 202 valence electrons. The van der Waals surface area contributed by atoms with Crippen LogP contribution in [0.1, 0.15) is 39.2 Å². The third-order valence-electron chi connectivity index (χ3n) is 8.09. The maximum Gasteiger partial charge on any atom is 0.129 e. The summed E-state index contributed by atoms with van der Waals surface area (Å²) in [6, 6.07) is 29.5. The summed E-state index contributed by atoms with van der Waals surface area (Å²) in [6.07, 6.45) is 2.00. The van der Waals surface area contributed by atoms with Crippen molar-refractivity contribution in [1.82, 2.24) is 9.97 Å². The predicted octanol–water partition coefficient (Wildman–Crippen LogP) is 9.57. The fraction of sp³-hybridized carbons (Fsp3) is 0.235. The van der Waals surface area contributed by atoms with Crippen LogP contribution in [0.15, 0.2) is 95.0 Å². The van der Waals surface area contributed by atoms with Crippen LogP contribution < -0.4 is 11.1 Å². The first kappa shape index (κ1) is 26.7. The average molecular weight is 563 g/mol. The summed E-state index contributed by atoms with van der Waals surface area (Å²) in [6.45, 7) is 6.98. The molecule has 4 aromatic carbocycles. The smallest absolute Gasteiger partial charge is 0.129 e. The van der Waals surface area contributed by atoms with Gasteiger partial charge in [0.2, 0.25) is 0 Å². The van der Waals surface area contributed by atoms with Gasteiger partial charge in [0.15, 0.2) is 0 Å². The Bertz CT molecular complexity index is 1650. The van der Waals surface area contributed by atoms with E-state index >= 15 is 0 Å². The summed E-state index contributed by atoms with van der Waals surface area (Å²) in [5.41, 5.74) is 16.6. The fourth-order valence-electron chi connectivity index (χ4n) is 5.52. The minimum atomic E-state index is -0.0952. The Hall–Kier alpha value is -3.48. The monoisotopic (exact) mass is 562 g/mol. The summed E-state index contributed by atoms with van der Waals surface area (Å²) in [5, 5.41) is 5.87. The number of nitrogens with zero attached hydrogens (tertiary/aromatic N) is 2. The first-order valence-corrected chi connectivity index (χ1v) is 15.9. The molecule has 6 rings (SSSR count). The first-order chi connectivity index (χ1) is 19.5. The topological polar surface area (TPSA) is 63.8 Å². The second kappa shape index (κ2) is 11.2. The van der Waals surface area contributed by atoms with Crippen molar-refractivity contribution >= 4 is 51.6 Å². The van der Waals surface area contributed by atoms with E-state index in [0.29, 0.717) is 0 Å². The quantitative estimate of drug-likeness (QED) is 0.193. The van der Waals surface area contributed by atoms with Crippen molar-refractivity contribution in [2.75, 3.05) is 22.6 Å². The molecule has 40 heavy (non-hydrogen) atoms. The number of thioether (sulfide) groups is 2. The van der Waals surface area contributed by atoms with Crippen molar-refractivity contribution in [3.05, 3.63) is 90.5 Å². The molecule has 3 N–H and O–H groups in total. The molecular weight excluding hydrogens is 529 g/mol. The van der Waals surface area contributed by atoms with Gasteiger partial charge >= 0.3 is 0 Å². The number of anilines is 3. The zero-order valence-electron chi connectivity index (χ0n) is 23.2. The van der Waals surface area contributed by atoms with E-state index in [-0.39, 0.29) is 5.41 Å². The van der Waals surface area contributed by atoms with Gasteiger partial charge in [-0.3, -0.25) is 0 Å². The fourth-order valence-corrected chi connectivity index (χ4v) is 7.57. The molecule has 1 aliphatic heterocycles. The van der Waals surface area contributed by atoms with E-state index in [0.717, 1.165) is 73.6 Å². The van der Waals surface area contributed by atoms with Gasteiger partial charge in [0.05, 0.1) is 11.2 Å². The summed E-state index contributed by atoms with van der Waals surface area (Å²) >= 11 is 3.63. The van der Waals surface area contributed by atoms with E-state index in [4.69, 9.17) is 15.7 Å². The Morgan fingerprint density at radius 1 is 0.725 bits per heavy atom. The van der Waals surface area contributed by atoms with Crippen molar-refractivity contribution < 1.29 is 0 Å². The van der Waals surface area contributed by atoms with E-state index in [1.807, 2.05) is 47.8 Å². The number of benzene rings is 4. The van der Waals surface area contributed by atoms with Crippen molar-refractivity contribution in [3.63, 3.8) is 0 Å². The lowest BCUT2D eigenvalue weighted by molar-refractivity contribution is 0.443. The van der Waals surface area contributed by atoms with Gasteiger partial charge < -0.3 is 11.1 Å². The second-order valence-corrected chi connectivity index (χ2v) is 12.6. The molecule has 0 aliphatic carbocycles. The molecule has 0 spiro atoms. The van der Waals surface area contributed by atoms with E-state index < -0.39 is 0 Å². The Kier molecular flexibility index (Phi) is 7.47. The minimum Gasteiger partial charge on any atom is -0.399 e. The van der Waals surface area contributed by atoms with Crippen LogP contribution in [0.2, 0.25) is 0 Å². The molecule has 0 saturated heterocycles. The van der Waals surface area contributed by atoms with Gasteiger partial charge in [-0.05, 0) is 64.8 Å². The molecule has 1 aliphatic rings. The number of rotatable bonds is 7. The number of nitrogens with two attached hydrogens (primary N) is 1. The SMILES string of the molecule is CCC(C)(CC)c1c(-c2ccccc2)c(-c2ccccc2)c(Nc2ccc(N)cc2)c2nc3c(nc12)SCCS3. The Labute approximate surface area is 245 Å². The number of nitrogens with one attached hydrogen (secondary N) is 1. The lowest BCUT2D eigenvalue weighted by Crippen LogP contribution is -2.23. The standard InChI is InChI=1S/C34H34N4S2/c1-4-34(3,5-2)28-26(22-12-8-6-9-13-22)27(23-14-10-7-11-15-23)29(36-25-18-16-24(35)17-19-25)31-30(28)37-32-33(38-31)40-21-20-39-32/h6-19,36H,4-5,20-21,35H2,1-3H3. The number of hydrogen-bond donors (Lipinski definition) is 2. The normalized spacial score (nSPS) is 13.3. The summed E-state index contributed by atoms with van der Waals surface area (Å²) < 4.78 is 0. The molecule has 0 saturated carbocycles. The third kappa shape index (κ3) is 4.84. The Morgan fingerprint density at radius 3 is 1.80 bits per heavy atom. The molecule has 2 heterocycles. The molecular formula is C34H34N4S2. The highest BCUT2D eigenvalue weighted by molar-refractivity contribution is 8.05. The van der Waals surface area contributed by atoms with Gasteiger partial charge in [-0.25, -0.2) is 9.97 Å². The number of nitrogen functional groups attached to an aromatic ring is 1. The molecule has 1 aromatic heterocycles. The van der Waals surface area contributed by atoms with Crippen LogP contribution in [0.25, 0.3) is 33.3 Å². The van der Waals surface area contributed by atoms with Gasteiger partial charge in [0.1, 0.15) is 15.6 Å². The van der Waals surface area contributed by atoms with Crippen molar-refractivity contribution in [3.8, 4) is 22.3 Å². The average Bonchev–Trinajstić information content (AvgIpc) is 3.01. The van der Waals surface area contributed by atoms with E-state index in [9.17, 15) is 0 Å². The maximum atomic E-state index is 6.05. The van der Waals surface area contributed by atoms with E-state index in [1.54, 1.807) is 0 Å². The highest BCUT2D eigenvalue weighted by atomic mass is 32.2. The van der Waals surface area contributed by atoms with Crippen LogP contribution in [0, 0.1) is 0 Å². The van der Waals surface area contributed by atoms with Gasteiger partial charge in [-0.15, -0.1) is 23.5 Å². The molecule has 4 nitrogen and oxygen atoms in total. The van der Waals surface area contributed by atoms with Crippen LogP contribution in [-0.2, 0) is 5.41 Å². The second-order valence-electron chi connectivity index (χ2n) is 10.5. The number of aromatic nitrogens is 2. The Morgan fingerprint density at radius 2 is 1.25 bits per heavy atom. The summed E-state index contributed by atoms with van der Waals surface area (Å²) in [5.74, 6) is 2.09. The molecule has 0 radical (unpaired) electrons. The van der Waals surface area contributed by atoms with Crippen LogP contribution in [0.5, 0.6) is 0 Å². The highest BCUT2D eigenvalue weighted by Gasteiger charge is 2.34. The van der Waals surface area contributed by atoms with Crippen LogP contribution in [0.4, 0.5) is 17.1 Å². The van der Waals surface area contributed by atoms with E-state index in [1.165, 1.54) is 16.7 Å². The minimum absolute atomic E-state index is 0.0952. The molecule has 0 amide bonds. The largest absolute Gasteiger partial charge is 0.399 e. The molecule has 0 fully saturated rings. The van der Waals surface area contributed by atoms with Gasteiger partial charge in [0, 0.05) is 28.4 Å². The zero-order valence-corrected chi connectivity index (χ0v) is 24.8. The summed E-state index contributed by atoms with van der Waals surface area (Å²) in [7, 11) is 0. The summed E-state index contributed by atoms with van der Waals surface area (Å²) in [4.78, 5) is 10.8. The lowest BCUT2D eigenvalue weighted by Gasteiger charge is -2.34. The van der Waals surface area contributed by atoms with Crippen LogP contribution in [0.3, 0.4) is 0 Å². The van der Waals surface area contributed by atoms with Crippen LogP contribution >= 0.6 is 23.5 Å². The molecule has 0 bridgehead atoms. The molecule has 6 heteroatoms. The predicted molar refractivity (Wildman–Crippen MR) is 174 cm³/mol. The van der Waals surface area contributed by atoms with Crippen LogP contribution in [-0.4, -0.2) is 21.5 Å². The Balaban J connectivity index is 1.83. The number of fused-ring (bicyclic) bond motifs is 2. The highest BCUT2D eigenvalue weighted by Crippen LogP contribution is 2.52. The maximum absolute atomic E-state index is 6.05. The number of hydrogen-bond acceptors (Lipinski definition) is 6. The first-order valence-electron chi connectivity index (χ1n) is 13.9. The molecule has 5 aromatic rings. The van der Waals surface area contributed by atoms with Gasteiger partial charge in [0.25, 0.3) is 0 Å². The third-order valence-corrected chi connectivity index (χ3v) is 10.4. The van der Waals surface area contributed by atoms with Crippen molar-refractivity contribution in [2.45, 2.75) is 49.1 Å². The zero-order chi connectivity index (χ0) is 27.7. The lowest BCUT2D eigenvalue weighted by atomic mass is 9.71. The van der Waals surface area contributed by atoms with Gasteiger partial charge in [-0.1, -0.05) is 81.4 Å². The molecule has 0 unspecified atom stereocenters. The van der Waals surface area contributed by atoms with E-state index in [2.05, 4.69) is 86.8 Å².